The number of hydrogen-bond donors (Lipinski definition) is 1. The molecule has 2 heterocycles. The summed E-state index contributed by atoms with van der Waals surface area (Å²) >= 11 is 0. The number of fused-ring (bicyclic) bond motifs is 1. The van der Waals surface area contributed by atoms with Crippen LogP contribution in [0.4, 0.5) is 4.39 Å². The van der Waals surface area contributed by atoms with Crippen molar-refractivity contribution in [2.24, 2.45) is 0 Å². The number of amides is 1. The molecule has 0 radical (unpaired) electrons. The van der Waals surface area contributed by atoms with E-state index in [-0.39, 0.29) is 30.2 Å². The largest absolute Gasteiger partial charge is 0.383 e. The van der Waals surface area contributed by atoms with Gasteiger partial charge in [-0.15, -0.1) is 0 Å². The molecule has 1 aromatic carbocycles. The molecular formula is C20H23FN4O3. The molecule has 0 unspecified atom stereocenters. The topological polar surface area (TPSA) is 89.2 Å². The fraction of sp³-hybridized carbons (Fsp3) is 0.450. The summed E-state index contributed by atoms with van der Waals surface area (Å²) in [6.45, 7) is 4.90. The normalized spacial score (nSPS) is 18.4. The molecule has 28 heavy (non-hydrogen) atoms. The minimum absolute atomic E-state index is 0.0123. The van der Waals surface area contributed by atoms with Crippen LogP contribution in [0.5, 0.6) is 0 Å². The standard InChI is InChI=1S/C20H23FN4O3/c1-12-8-16-18(13(2)28-12)24-25(6-7-27-3)19(16)20(26)23-11-14-4-5-15(10-22)17(21)9-14/h4-5,9,12-13H,6-8,11H2,1-3H3,(H,23,26)/t12-,13+/m0/s1. The lowest BCUT2D eigenvalue weighted by Crippen LogP contribution is -2.29. The lowest BCUT2D eigenvalue weighted by Gasteiger charge is -2.24. The highest BCUT2D eigenvalue weighted by molar-refractivity contribution is 5.94. The second kappa shape index (κ2) is 8.50. The summed E-state index contributed by atoms with van der Waals surface area (Å²) in [6.07, 6.45) is 0.393. The van der Waals surface area contributed by atoms with Crippen LogP contribution in [0.1, 0.15) is 52.8 Å². The average molecular weight is 386 g/mol. The fourth-order valence-electron chi connectivity index (χ4n) is 3.41. The molecule has 0 saturated carbocycles. The van der Waals surface area contributed by atoms with Crippen molar-refractivity contribution in [3.63, 3.8) is 0 Å². The Hall–Kier alpha value is -2.76. The quantitative estimate of drug-likeness (QED) is 0.824. The second-order valence-electron chi connectivity index (χ2n) is 6.83. The van der Waals surface area contributed by atoms with Gasteiger partial charge in [0.15, 0.2) is 0 Å². The van der Waals surface area contributed by atoms with Gasteiger partial charge in [-0.25, -0.2) is 4.39 Å². The molecule has 148 valence electrons. The molecule has 0 saturated heterocycles. The Balaban J connectivity index is 1.84. The number of benzene rings is 1. The predicted octanol–water partition coefficient (Wildman–Crippen LogP) is 2.49. The number of nitrogens with one attached hydrogen (secondary N) is 1. The summed E-state index contributed by atoms with van der Waals surface area (Å²) in [5.74, 6) is -0.882. The lowest BCUT2D eigenvalue weighted by atomic mass is 9.99. The molecule has 1 amide bonds. The third kappa shape index (κ3) is 4.06. The van der Waals surface area contributed by atoms with E-state index < -0.39 is 5.82 Å². The number of carbonyl (C=O) groups excluding carboxylic acids is 1. The van der Waals surface area contributed by atoms with Crippen LogP contribution in [-0.4, -0.2) is 35.5 Å². The molecule has 0 fully saturated rings. The van der Waals surface area contributed by atoms with Crippen molar-refractivity contribution < 1.29 is 18.7 Å². The maximum Gasteiger partial charge on any atom is 0.270 e. The summed E-state index contributed by atoms with van der Waals surface area (Å²) in [5.41, 5.74) is 2.69. The van der Waals surface area contributed by atoms with E-state index >= 15 is 0 Å². The van der Waals surface area contributed by atoms with Gasteiger partial charge in [0, 0.05) is 25.6 Å². The van der Waals surface area contributed by atoms with E-state index in [1.165, 1.54) is 12.1 Å². The third-order valence-electron chi connectivity index (χ3n) is 4.72. The van der Waals surface area contributed by atoms with Gasteiger partial charge in [-0.2, -0.15) is 10.4 Å². The lowest BCUT2D eigenvalue weighted by molar-refractivity contribution is -0.00716. The minimum atomic E-state index is -0.600. The van der Waals surface area contributed by atoms with Gasteiger partial charge in [-0.05, 0) is 31.5 Å². The van der Waals surface area contributed by atoms with Gasteiger partial charge in [0.1, 0.15) is 17.6 Å². The molecule has 3 rings (SSSR count). The third-order valence-corrected chi connectivity index (χ3v) is 4.72. The summed E-state index contributed by atoms with van der Waals surface area (Å²) < 4.78 is 26.4. The van der Waals surface area contributed by atoms with E-state index in [0.717, 1.165) is 11.3 Å². The van der Waals surface area contributed by atoms with Gasteiger partial charge in [0.05, 0.1) is 36.6 Å². The summed E-state index contributed by atoms with van der Waals surface area (Å²) in [7, 11) is 1.59. The van der Waals surface area contributed by atoms with E-state index in [2.05, 4.69) is 10.4 Å². The van der Waals surface area contributed by atoms with Crippen LogP contribution in [0.15, 0.2) is 18.2 Å². The number of nitrogens with zero attached hydrogens (tertiary/aromatic N) is 3. The van der Waals surface area contributed by atoms with Crippen molar-refractivity contribution in [1.29, 1.82) is 5.26 Å². The van der Waals surface area contributed by atoms with Crippen LogP contribution in [0.25, 0.3) is 0 Å². The van der Waals surface area contributed by atoms with Crippen molar-refractivity contribution in [3.8, 4) is 6.07 Å². The first-order valence-electron chi connectivity index (χ1n) is 9.15. The number of carbonyl (C=O) groups is 1. The van der Waals surface area contributed by atoms with Crippen LogP contribution in [0.3, 0.4) is 0 Å². The maximum absolute atomic E-state index is 13.8. The summed E-state index contributed by atoms with van der Waals surface area (Å²) in [5, 5.41) is 16.2. The Labute approximate surface area is 163 Å². The van der Waals surface area contributed by atoms with Gasteiger partial charge >= 0.3 is 0 Å². The molecule has 1 aromatic heterocycles. The molecule has 1 aliphatic rings. The number of halogens is 1. The first-order valence-corrected chi connectivity index (χ1v) is 9.15. The van der Waals surface area contributed by atoms with E-state index in [9.17, 15) is 9.18 Å². The molecular weight excluding hydrogens is 363 g/mol. The molecule has 1 N–H and O–H groups in total. The van der Waals surface area contributed by atoms with Crippen molar-refractivity contribution in [2.75, 3.05) is 13.7 Å². The van der Waals surface area contributed by atoms with Crippen LogP contribution < -0.4 is 5.32 Å². The van der Waals surface area contributed by atoms with Crippen LogP contribution in [0, 0.1) is 17.1 Å². The number of ether oxygens (including phenoxy) is 2. The highest BCUT2D eigenvalue weighted by Crippen LogP contribution is 2.31. The summed E-state index contributed by atoms with van der Waals surface area (Å²) in [6, 6.07) is 6.07. The van der Waals surface area contributed by atoms with E-state index in [1.807, 2.05) is 13.8 Å². The molecule has 2 aromatic rings. The van der Waals surface area contributed by atoms with Gasteiger partial charge in [0.2, 0.25) is 0 Å². The molecule has 0 bridgehead atoms. The number of rotatable bonds is 6. The average Bonchev–Trinajstić information content (AvgIpc) is 3.03. The zero-order chi connectivity index (χ0) is 20.3. The zero-order valence-corrected chi connectivity index (χ0v) is 16.2. The van der Waals surface area contributed by atoms with Gasteiger partial charge in [0.25, 0.3) is 5.91 Å². The number of aromatic nitrogens is 2. The SMILES string of the molecule is COCCn1nc2c(c1C(=O)NCc1ccc(C#N)c(F)c1)C[C@H](C)O[C@@H]2C. The highest BCUT2D eigenvalue weighted by atomic mass is 19.1. The molecule has 7 nitrogen and oxygen atoms in total. The Morgan fingerprint density at radius 1 is 1.50 bits per heavy atom. The van der Waals surface area contributed by atoms with Crippen molar-refractivity contribution >= 4 is 5.91 Å². The minimum Gasteiger partial charge on any atom is -0.383 e. The van der Waals surface area contributed by atoms with E-state index in [0.29, 0.717) is 30.8 Å². The number of methoxy groups -OCH3 is 1. The predicted molar refractivity (Wildman–Crippen MR) is 99.1 cm³/mol. The number of hydrogen-bond acceptors (Lipinski definition) is 5. The maximum atomic E-state index is 13.8. The van der Waals surface area contributed by atoms with Crippen molar-refractivity contribution in [1.82, 2.24) is 15.1 Å². The van der Waals surface area contributed by atoms with Crippen LogP contribution in [0.2, 0.25) is 0 Å². The monoisotopic (exact) mass is 386 g/mol. The van der Waals surface area contributed by atoms with Gasteiger partial charge in [-0.1, -0.05) is 6.07 Å². The molecule has 2 atom stereocenters. The fourth-order valence-corrected chi connectivity index (χ4v) is 3.41. The van der Waals surface area contributed by atoms with E-state index in [4.69, 9.17) is 14.7 Å². The van der Waals surface area contributed by atoms with E-state index in [1.54, 1.807) is 23.9 Å². The second-order valence-corrected chi connectivity index (χ2v) is 6.83. The van der Waals surface area contributed by atoms with Gasteiger partial charge < -0.3 is 14.8 Å². The summed E-state index contributed by atoms with van der Waals surface area (Å²) in [4.78, 5) is 13.0. The first kappa shape index (κ1) is 20.0. The molecule has 8 heteroatoms. The Bertz CT molecular complexity index is 919. The number of nitriles is 1. The Morgan fingerprint density at radius 2 is 2.29 bits per heavy atom. The zero-order valence-electron chi connectivity index (χ0n) is 16.2. The molecule has 0 aliphatic carbocycles. The molecule has 1 aliphatic heterocycles. The van der Waals surface area contributed by atoms with Gasteiger partial charge in [-0.3, -0.25) is 9.48 Å². The smallest absolute Gasteiger partial charge is 0.270 e. The first-order chi connectivity index (χ1) is 13.4. The Morgan fingerprint density at radius 3 is 2.96 bits per heavy atom. The van der Waals surface area contributed by atoms with Crippen LogP contribution in [-0.2, 0) is 29.0 Å². The van der Waals surface area contributed by atoms with Crippen LogP contribution >= 0.6 is 0 Å². The highest BCUT2D eigenvalue weighted by Gasteiger charge is 2.32. The van der Waals surface area contributed by atoms with Crippen molar-refractivity contribution in [2.45, 2.75) is 45.6 Å². The van der Waals surface area contributed by atoms with Crippen molar-refractivity contribution in [3.05, 3.63) is 52.1 Å². The molecule has 0 spiro atoms. The Kier molecular flexibility index (Phi) is 6.07.